The number of carbonyl (C=O) groups is 1. The Morgan fingerprint density at radius 3 is 2.62 bits per heavy atom. The molecule has 0 bridgehead atoms. The fraction of sp³-hybridized carbons (Fsp3) is 0.0588. The van der Waals surface area contributed by atoms with Crippen molar-refractivity contribution in [3.63, 3.8) is 0 Å². The molecule has 1 aromatic heterocycles. The van der Waals surface area contributed by atoms with E-state index in [9.17, 15) is 14.9 Å². The van der Waals surface area contributed by atoms with Crippen LogP contribution in [-0.2, 0) is 0 Å². The molecule has 120 valence electrons. The normalized spacial score (nSPS) is 10.4. The predicted molar refractivity (Wildman–Crippen MR) is 93.9 cm³/mol. The maximum absolute atomic E-state index is 11.3. The predicted octanol–water partition coefficient (Wildman–Crippen LogP) is 4.66. The van der Waals surface area contributed by atoms with Crippen LogP contribution in [0.2, 0.25) is 0 Å². The molecule has 0 aliphatic rings. The third-order valence-corrected chi connectivity index (χ3v) is 4.16. The van der Waals surface area contributed by atoms with Crippen molar-refractivity contribution >= 4 is 33.6 Å². The lowest BCUT2D eigenvalue weighted by atomic mass is 10.1. The van der Waals surface area contributed by atoms with Gasteiger partial charge in [0.05, 0.1) is 10.6 Å². The minimum absolute atomic E-state index is 0.0174. The summed E-state index contributed by atoms with van der Waals surface area (Å²) < 4.78 is 0. The van der Waals surface area contributed by atoms with Crippen LogP contribution < -0.4 is 5.32 Å². The molecule has 0 amide bonds. The van der Waals surface area contributed by atoms with Gasteiger partial charge in [0.2, 0.25) is 0 Å². The average molecular weight is 339 g/mol. The fourth-order valence-corrected chi connectivity index (χ4v) is 2.89. The summed E-state index contributed by atoms with van der Waals surface area (Å²) in [5, 5.41) is 16.5. The highest BCUT2D eigenvalue weighted by Crippen LogP contribution is 2.29. The molecule has 0 spiro atoms. The number of anilines is 2. The van der Waals surface area contributed by atoms with E-state index in [1.807, 2.05) is 17.5 Å². The van der Waals surface area contributed by atoms with E-state index in [1.165, 1.54) is 30.4 Å². The molecule has 0 fully saturated rings. The number of hydrogen-bond donors (Lipinski definition) is 1. The van der Waals surface area contributed by atoms with Crippen LogP contribution in [0.4, 0.5) is 16.5 Å². The lowest BCUT2D eigenvalue weighted by Crippen LogP contribution is -1.93. The van der Waals surface area contributed by atoms with E-state index in [0.29, 0.717) is 22.0 Å². The average Bonchev–Trinajstić information content (AvgIpc) is 3.04. The van der Waals surface area contributed by atoms with Crippen molar-refractivity contribution in [2.45, 2.75) is 6.92 Å². The Hall–Kier alpha value is -3.06. The summed E-state index contributed by atoms with van der Waals surface area (Å²) in [5.41, 5.74) is 2.87. The molecule has 0 unspecified atom stereocenters. The topological polar surface area (TPSA) is 85.1 Å². The van der Waals surface area contributed by atoms with Crippen LogP contribution in [0.1, 0.15) is 17.3 Å². The number of nitrogens with one attached hydrogen (secondary N) is 1. The smallest absolute Gasteiger partial charge is 0.270 e. The second-order valence-corrected chi connectivity index (χ2v) is 5.96. The Bertz CT molecular complexity index is 903. The van der Waals surface area contributed by atoms with Crippen LogP contribution in [0.15, 0.2) is 53.9 Å². The number of Topliss-reactive ketones (excluding diaryl/α,β-unsaturated/α-hetero) is 1. The van der Waals surface area contributed by atoms with Gasteiger partial charge in [-0.1, -0.05) is 12.1 Å². The van der Waals surface area contributed by atoms with Crippen molar-refractivity contribution in [1.29, 1.82) is 0 Å². The molecule has 0 aliphatic heterocycles. The Balaban J connectivity index is 1.79. The number of ketones is 1. The first-order valence-corrected chi connectivity index (χ1v) is 7.99. The number of non-ortho nitro benzene ring substituents is 1. The highest BCUT2D eigenvalue weighted by molar-refractivity contribution is 7.14. The third kappa shape index (κ3) is 3.47. The number of thiazole rings is 1. The van der Waals surface area contributed by atoms with Crippen molar-refractivity contribution in [3.05, 3.63) is 69.6 Å². The lowest BCUT2D eigenvalue weighted by molar-refractivity contribution is -0.384. The zero-order valence-electron chi connectivity index (χ0n) is 12.7. The van der Waals surface area contributed by atoms with Gasteiger partial charge in [0.1, 0.15) is 0 Å². The van der Waals surface area contributed by atoms with E-state index in [1.54, 1.807) is 24.3 Å². The summed E-state index contributed by atoms with van der Waals surface area (Å²) in [6, 6.07) is 13.5. The zero-order valence-corrected chi connectivity index (χ0v) is 13.5. The summed E-state index contributed by atoms with van der Waals surface area (Å²) in [4.78, 5) is 26.2. The minimum Gasteiger partial charge on any atom is -0.332 e. The van der Waals surface area contributed by atoms with Gasteiger partial charge >= 0.3 is 0 Å². The van der Waals surface area contributed by atoms with E-state index in [-0.39, 0.29) is 11.5 Å². The second-order valence-electron chi connectivity index (χ2n) is 5.10. The number of rotatable bonds is 5. The van der Waals surface area contributed by atoms with Crippen LogP contribution >= 0.6 is 11.3 Å². The Labute approximate surface area is 141 Å². The Morgan fingerprint density at radius 1 is 1.21 bits per heavy atom. The van der Waals surface area contributed by atoms with Crippen molar-refractivity contribution in [2.24, 2.45) is 0 Å². The number of nitrogens with zero attached hydrogens (tertiary/aromatic N) is 2. The Morgan fingerprint density at radius 2 is 1.96 bits per heavy atom. The maximum Gasteiger partial charge on any atom is 0.270 e. The third-order valence-electron chi connectivity index (χ3n) is 3.40. The molecule has 0 radical (unpaired) electrons. The molecular formula is C17H13N3O3S. The molecule has 7 heteroatoms. The van der Waals surface area contributed by atoms with E-state index in [4.69, 9.17) is 0 Å². The SMILES string of the molecule is CC(=O)c1ccc(Nc2nc(-c3cccc([N+](=O)[O-])c3)cs2)cc1. The highest BCUT2D eigenvalue weighted by atomic mass is 32.1. The molecule has 3 rings (SSSR count). The largest absolute Gasteiger partial charge is 0.332 e. The fourth-order valence-electron chi connectivity index (χ4n) is 2.15. The standard InChI is InChI=1S/C17H13N3O3S/c1-11(21)12-5-7-14(8-6-12)18-17-19-16(10-24-17)13-3-2-4-15(9-13)20(22)23/h2-10H,1H3,(H,18,19). The number of benzene rings is 2. The van der Waals surface area contributed by atoms with Gasteiger partial charge in [-0.25, -0.2) is 4.98 Å². The van der Waals surface area contributed by atoms with Crippen molar-refractivity contribution in [3.8, 4) is 11.3 Å². The van der Waals surface area contributed by atoms with Crippen molar-refractivity contribution in [1.82, 2.24) is 4.98 Å². The van der Waals surface area contributed by atoms with Gasteiger partial charge in [0.15, 0.2) is 10.9 Å². The van der Waals surface area contributed by atoms with Gasteiger partial charge in [-0.2, -0.15) is 0 Å². The first-order valence-electron chi connectivity index (χ1n) is 7.11. The van der Waals surface area contributed by atoms with Gasteiger partial charge in [-0.15, -0.1) is 11.3 Å². The van der Waals surface area contributed by atoms with Gasteiger partial charge in [-0.3, -0.25) is 14.9 Å². The van der Waals surface area contributed by atoms with Gasteiger partial charge in [0.25, 0.3) is 5.69 Å². The number of carbonyl (C=O) groups excluding carboxylic acids is 1. The first-order chi connectivity index (χ1) is 11.5. The molecule has 3 aromatic rings. The maximum atomic E-state index is 11.3. The second kappa shape index (κ2) is 6.59. The molecule has 0 saturated carbocycles. The van der Waals surface area contributed by atoms with E-state index in [2.05, 4.69) is 10.3 Å². The Kier molecular flexibility index (Phi) is 4.35. The summed E-state index contributed by atoms with van der Waals surface area (Å²) >= 11 is 1.40. The van der Waals surface area contributed by atoms with Crippen LogP contribution in [0, 0.1) is 10.1 Å². The van der Waals surface area contributed by atoms with Gasteiger partial charge in [-0.05, 0) is 31.2 Å². The summed E-state index contributed by atoms with van der Waals surface area (Å²) in [7, 11) is 0. The monoisotopic (exact) mass is 339 g/mol. The molecule has 2 aromatic carbocycles. The lowest BCUT2D eigenvalue weighted by Gasteiger charge is -2.03. The molecule has 1 N–H and O–H groups in total. The molecule has 24 heavy (non-hydrogen) atoms. The zero-order chi connectivity index (χ0) is 17.1. The van der Waals surface area contributed by atoms with Crippen LogP contribution in [0.3, 0.4) is 0 Å². The summed E-state index contributed by atoms with van der Waals surface area (Å²) in [5.74, 6) is 0.0174. The van der Waals surface area contributed by atoms with Gasteiger partial charge in [0, 0.05) is 34.3 Å². The molecule has 6 nitrogen and oxygen atoms in total. The highest BCUT2D eigenvalue weighted by Gasteiger charge is 2.10. The van der Waals surface area contributed by atoms with Crippen LogP contribution in [0.5, 0.6) is 0 Å². The molecule has 0 aliphatic carbocycles. The minimum atomic E-state index is -0.425. The summed E-state index contributed by atoms with van der Waals surface area (Å²) in [6.45, 7) is 1.52. The summed E-state index contributed by atoms with van der Waals surface area (Å²) in [6.07, 6.45) is 0. The van der Waals surface area contributed by atoms with E-state index < -0.39 is 4.92 Å². The van der Waals surface area contributed by atoms with E-state index >= 15 is 0 Å². The number of hydrogen-bond acceptors (Lipinski definition) is 6. The molecular weight excluding hydrogens is 326 g/mol. The number of aromatic nitrogens is 1. The van der Waals surface area contributed by atoms with Crippen molar-refractivity contribution < 1.29 is 9.72 Å². The number of nitro benzene ring substituents is 1. The van der Waals surface area contributed by atoms with E-state index in [0.717, 1.165) is 5.69 Å². The quantitative estimate of drug-likeness (QED) is 0.415. The van der Waals surface area contributed by atoms with Crippen LogP contribution in [0.25, 0.3) is 11.3 Å². The number of nitro groups is 1. The van der Waals surface area contributed by atoms with Gasteiger partial charge < -0.3 is 5.32 Å². The first kappa shape index (κ1) is 15.8. The molecule has 0 saturated heterocycles. The van der Waals surface area contributed by atoms with Crippen molar-refractivity contribution in [2.75, 3.05) is 5.32 Å². The molecule has 1 heterocycles. The van der Waals surface area contributed by atoms with Crippen LogP contribution in [-0.4, -0.2) is 15.7 Å². The molecule has 0 atom stereocenters.